The van der Waals surface area contributed by atoms with Gasteiger partial charge in [-0.2, -0.15) is 4.31 Å². The maximum atomic E-state index is 13.0. The minimum atomic E-state index is -3.68. The summed E-state index contributed by atoms with van der Waals surface area (Å²) in [6.45, 7) is 3.99. The fraction of sp³-hybridized carbons (Fsp3) is 0.294. The molecule has 1 aliphatic rings. The summed E-state index contributed by atoms with van der Waals surface area (Å²) >= 11 is 0. The third-order valence-electron chi connectivity index (χ3n) is 4.26. The summed E-state index contributed by atoms with van der Waals surface area (Å²) in [6, 6.07) is 6.61. The van der Waals surface area contributed by atoms with E-state index in [-0.39, 0.29) is 17.0 Å². The molecule has 6 nitrogen and oxygen atoms in total. The van der Waals surface area contributed by atoms with Gasteiger partial charge in [0.05, 0.1) is 10.5 Å². The van der Waals surface area contributed by atoms with E-state index in [1.54, 1.807) is 19.1 Å². The summed E-state index contributed by atoms with van der Waals surface area (Å²) in [5.41, 5.74) is 2.92. The second-order valence-electron chi connectivity index (χ2n) is 5.95. The molecule has 0 atom stereocenters. The highest BCUT2D eigenvalue weighted by molar-refractivity contribution is 7.89. The van der Waals surface area contributed by atoms with E-state index in [0.29, 0.717) is 29.8 Å². The lowest BCUT2D eigenvalue weighted by Gasteiger charge is -2.28. The normalized spacial score (nSPS) is 15.1. The van der Waals surface area contributed by atoms with Gasteiger partial charge in [-0.3, -0.25) is 4.98 Å². The molecule has 0 radical (unpaired) electrons. The Morgan fingerprint density at radius 2 is 2.00 bits per heavy atom. The second kappa shape index (κ2) is 5.99. The molecule has 0 amide bonds. The number of pyridine rings is 1. The van der Waals surface area contributed by atoms with E-state index in [2.05, 4.69) is 4.98 Å². The van der Waals surface area contributed by atoms with Crippen molar-refractivity contribution in [3.05, 3.63) is 58.4 Å². The van der Waals surface area contributed by atoms with Crippen LogP contribution in [0.25, 0.3) is 0 Å². The van der Waals surface area contributed by atoms with E-state index in [4.69, 9.17) is 0 Å². The maximum absolute atomic E-state index is 13.0. The molecular formula is C17H18N2O4S. The summed E-state index contributed by atoms with van der Waals surface area (Å²) in [5, 5.41) is 9.33. The molecule has 24 heavy (non-hydrogen) atoms. The standard InChI is InChI=1S/C17H18N2O4S/c1-11-3-4-16(12(2)9-11)24(22,23)19-8-6-15-14(10-19)13(17(20)21)5-7-18-15/h3-5,7,9H,6,8,10H2,1-2H3,(H,20,21). The van der Waals surface area contributed by atoms with Gasteiger partial charge in [-0.05, 0) is 31.5 Å². The Morgan fingerprint density at radius 1 is 1.25 bits per heavy atom. The molecule has 0 saturated carbocycles. The number of carbonyl (C=O) groups is 1. The molecule has 1 N–H and O–H groups in total. The van der Waals surface area contributed by atoms with Crippen LogP contribution in [0.5, 0.6) is 0 Å². The van der Waals surface area contributed by atoms with Crippen LogP contribution in [0.1, 0.15) is 32.7 Å². The molecule has 1 aromatic carbocycles. The molecular weight excluding hydrogens is 328 g/mol. The number of carboxylic acids is 1. The molecule has 1 aromatic heterocycles. The van der Waals surface area contributed by atoms with Crippen molar-refractivity contribution in [3.63, 3.8) is 0 Å². The fourth-order valence-electron chi connectivity index (χ4n) is 3.05. The average Bonchev–Trinajstić information content (AvgIpc) is 2.53. The highest BCUT2D eigenvalue weighted by Gasteiger charge is 2.31. The molecule has 0 spiro atoms. The fourth-order valence-corrected chi connectivity index (χ4v) is 4.66. The Kier molecular flexibility index (Phi) is 4.15. The van der Waals surface area contributed by atoms with Crippen LogP contribution in [-0.2, 0) is 23.0 Å². The maximum Gasteiger partial charge on any atom is 0.336 e. The van der Waals surface area contributed by atoms with E-state index in [1.165, 1.54) is 16.6 Å². The molecule has 3 rings (SSSR count). The molecule has 0 saturated heterocycles. The number of nitrogens with zero attached hydrogens (tertiary/aromatic N) is 2. The highest BCUT2D eigenvalue weighted by Crippen LogP contribution is 2.28. The molecule has 2 aromatic rings. The summed E-state index contributed by atoms with van der Waals surface area (Å²) in [4.78, 5) is 15.9. The van der Waals surface area contributed by atoms with Gasteiger partial charge in [-0.1, -0.05) is 17.7 Å². The number of aromatic nitrogens is 1. The number of aryl methyl sites for hydroxylation is 2. The molecule has 1 aliphatic heterocycles. The first-order valence-electron chi connectivity index (χ1n) is 7.58. The van der Waals surface area contributed by atoms with Crippen LogP contribution in [0.15, 0.2) is 35.4 Å². The lowest BCUT2D eigenvalue weighted by molar-refractivity contribution is 0.0694. The number of carboxylic acid groups (broad SMARTS) is 1. The topological polar surface area (TPSA) is 87.6 Å². The van der Waals surface area contributed by atoms with E-state index in [1.807, 2.05) is 13.0 Å². The largest absolute Gasteiger partial charge is 0.478 e. The van der Waals surface area contributed by atoms with Gasteiger partial charge < -0.3 is 5.11 Å². The van der Waals surface area contributed by atoms with Crippen molar-refractivity contribution in [3.8, 4) is 0 Å². The average molecular weight is 346 g/mol. The van der Waals surface area contributed by atoms with Crippen molar-refractivity contribution in [1.82, 2.24) is 9.29 Å². The summed E-state index contributed by atoms with van der Waals surface area (Å²) in [7, 11) is -3.68. The van der Waals surface area contributed by atoms with Gasteiger partial charge in [-0.25, -0.2) is 13.2 Å². The predicted octanol–water partition coefficient (Wildman–Crippen LogP) is 2.14. The van der Waals surface area contributed by atoms with Crippen molar-refractivity contribution in [2.75, 3.05) is 6.54 Å². The second-order valence-corrected chi connectivity index (χ2v) is 7.85. The first kappa shape index (κ1) is 16.6. The number of sulfonamides is 1. The van der Waals surface area contributed by atoms with E-state index in [0.717, 1.165) is 5.56 Å². The number of benzene rings is 1. The lowest BCUT2D eigenvalue weighted by atomic mass is 10.0. The van der Waals surface area contributed by atoms with Crippen LogP contribution in [-0.4, -0.2) is 35.3 Å². The van der Waals surface area contributed by atoms with Crippen molar-refractivity contribution in [2.45, 2.75) is 31.7 Å². The summed E-state index contributed by atoms with van der Waals surface area (Å²) in [5.74, 6) is -1.07. The minimum absolute atomic E-state index is 0.0282. The van der Waals surface area contributed by atoms with Crippen LogP contribution in [0.3, 0.4) is 0 Å². The van der Waals surface area contributed by atoms with Gasteiger partial charge in [0.25, 0.3) is 0 Å². The number of rotatable bonds is 3. The van der Waals surface area contributed by atoms with E-state index < -0.39 is 16.0 Å². The van der Waals surface area contributed by atoms with Crippen LogP contribution in [0.4, 0.5) is 0 Å². The molecule has 0 fully saturated rings. The van der Waals surface area contributed by atoms with Crippen molar-refractivity contribution < 1.29 is 18.3 Å². The Morgan fingerprint density at radius 3 is 2.67 bits per heavy atom. The monoisotopic (exact) mass is 346 g/mol. The molecule has 7 heteroatoms. The van der Waals surface area contributed by atoms with Crippen LogP contribution < -0.4 is 0 Å². The predicted molar refractivity (Wildman–Crippen MR) is 88.4 cm³/mol. The Hall–Kier alpha value is -2.25. The van der Waals surface area contributed by atoms with Gasteiger partial charge in [0, 0.05) is 37.0 Å². The summed E-state index contributed by atoms with van der Waals surface area (Å²) < 4.78 is 27.3. The van der Waals surface area contributed by atoms with Gasteiger partial charge in [0.1, 0.15) is 0 Å². The SMILES string of the molecule is Cc1ccc(S(=O)(=O)N2CCc3nccc(C(=O)O)c3C2)c(C)c1. The highest BCUT2D eigenvalue weighted by atomic mass is 32.2. The van der Waals surface area contributed by atoms with Crippen LogP contribution >= 0.6 is 0 Å². The van der Waals surface area contributed by atoms with Gasteiger partial charge >= 0.3 is 5.97 Å². The third-order valence-corrected chi connectivity index (χ3v) is 6.26. The molecule has 0 unspecified atom stereocenters. The molecule has 126 valence electrons. The zero-order valence-corrected chi connectivity index (χ0v) is 14.3. The van der Waals surface area contributed by atoms with Gasteiger partial charge in [0.15, 0.2) is 0 Å². The number of aromatic carboxylic acids is 1. The summed E-state index contributed by atoms with van der Waals surface area (Å²) in [6.07, 6.45) is 1.86. The zero-order valence-electron chi connectivity index (χ0n) is 13.5. The smallest absolute Gasteiger partial charge is 0.336 e. The lowest BCUT2D eigenvalue weighted by Crippen LogP contribution is -2.37. The number of hydrogen-bond acceptors (Lipinski definition) is 4. The molecule has 0 aliphatic carbocycles. The van der Waals surface area contributed by atoms with Gasteiger partial charge in [0.2, 0.25) is 10.0 Å². The minimum Gasteiger partial charge on any atom is -0.478 e. The number of hydrogen-bond donors (Lipinski definition) is 1. The Bertz CT molecular complexity index is 922. The first-order valence-corrected chi connectivity index (χ1v) is 9.02. The number of fused-ring (bicyclic) bond motifs is 1. The van der Waals surface area contributed by atoms with Crippen molar-refractivity contribution in [1.29, 1.82) is 0 Å². The van der Waals surface area contributed by atoms with Crippen molar-refractivity contribution in [2.24, 2.45) is 0 Å². The van der Waals surface area contributed by atoms with E-state index >= 15 is 0 Å². The molecule has 2 heterocycles. The zero-order chi connectivity index (χ0) is 17.5. The van der Waals surface area contributed by atoms with Gasteiger partial charge in [-0.15, -0.1) is 0 Å². The third kappa shape index (κ3) is 2.81. The Labute approximate surface area is 140 Å². The quantitative estimate of drug-likeness (QED) is 0.920. The van der Waals surface area contributed by atoms with E-state index in [9.17, 15) is 18.3 Å². The van der Waals surface area contributed by atoms with Crippen molar-refractivity contribution >= 4 is 16.0 Å². The first-order chi connectivity index (χ1) is 11.3. The Balaban J connectivity index is 2.02. The van der Waals surface area contributed by atoms with Crippen LogP contribution in [0.2, 0.25) is 0 Å². The van der Waals surface area contributed by atoms with Crippen LogP contribution in [0, 0.1) is 13.8 Å². The molecule has 0 bridgehead atoms.